The Morgan fingerprint density at radius 2 is 1.60 bits per heavy atom. The molecule has 0 bridgehead atoms. The molecule has 6 heteroatoms. The molecule has 2 N–H and O–H groups in total. The zero-order valence-electron chi connectivity index (χ0n) is 17.6. The first-order chi connectivity index (χ1) is 14.3. The average Bonchev–Trinajstić information content (AvgIpc) is 3.17. The Hall–Kier alpha value is -3.41. The van der Waals surface area contributed by atoms with Gasteiger partial charge < -0.3 is 15.2 Å². The number of anilines is 2. The van der Waals surface area contributed by atoms with Crippen molar-refractivity contribution in [1.29, 1.82) is 0 Å². The Morgan fingerprint density at radius 1 is 0.900 bits per heavy atom. The van der Waals surface area contributed by atoms with E-state index in [1.54, 1.807) is 18.2 Å². The van der Waals surface area contributed by atoms with Crippen LogP contribution in [0.4, 0.5) is 11.5 Å². The monoisotopic (exact) mass is 405 g/mol. The smallest absolute Gasteiger partial charge is 0.230 e. The van der Waals surface area contributed by atoms with Crippen LogP contribution >= 0.6 is 0 Å². The third kappa shape index (κ3) is 6.30. The summed E-state index contributed by atoms with van der Waals surface area (Å²) in [5.41, 5.74) is 2.52. The lowest BCUT2D eigenvalue weighted by molar-refractivity contribution is -0.116. The molecule has 1 aromatic heterocycles. The highest BCUT2D eigenvalue weighted by atomic mass is 16.5. The quantitative estimate of drug-likeness (QED) is 0.595. The van der Waals surface area contributed by atoms with Gasteiger partial charge in [0.15, 0.2) is 5.82 Å². The van der Waals surface area contributed by atoms with Gasteiger partial charge in [-0.2, -0.15) is 0 Å². The van der Waals surface area contributed by atoms with Crippen molar-refractivity contribution in [3.63, 3.8) is 0 Å². The second-order valence-corrected chi connectivity index (χ2v) is 8.28. The molecule has 2 aromatic carbocycles. The van der Waals surface area contributed by atoms with Crippen molar-refractivity contribution in [2.75, 3.05) is 10.6 Å². The predicted octanol–water partition coefficient (Wildman–Crippen LogP) is 4.72. The van der Waals surface area contributed by atoms with Crippen molar-refractivity contribution >= 4 is 23.3 Å². The van der Waals surface area contributed by atoms with E-state index in [0.717, 1.165) is 11.1 Å². The van der Waals surface area contributed by atoms with Crippen LogP contribution < -0.4 is 10.6 Å². The van der Waals surface area contributed by atoms with E-state index in [2.05, 4.69) is 15.8 Å². The predicted molar refractivity (Wildman–Crippen MR) is 117 cm³/mol. The van der Waals surface area contributed by atoms with Gasteiger partial charge in [0.25, 0.3) is 0 Å². The van der Waals surface area contributed by atoms with E-state index in [4.69, 9.17) is 4.52 Å². The van der Waals surface area contributed by atoms with Crippen LogP contribution in [0.1, 0.15) is 44.1 Å². The lowest BCUT2D eigenvalue weighted by Crippen LogP contribution is -2.15. The van der Waals surface area contributed by atoms with Crippen molar-refractivity contribution < 1.29 is 14.1 Å². The highest BCUT2D eigenvalue weighted by Crippen LogP contribution is 2.24. The molecule has 2 amide bonds. The van der Waals surface area contributed by atoms with Gasteiger partial charge in [0.1, 0.15) is 5.76 Å². The summed E-state index contributed by atoms with van der Waals surface area (Å²) in [4.78, 5) is 24.4. The van der Waals surface area contributed by atoms with E-state index in [1.165, 1.54) is 0 Å². The zero-order valence-corrected chi connectivity index (χ0v) is 17.6. The summed E-state index contributed by atoms with van der Waals surface area (Å²) in [5, 5.41) is 9.53. The first-order valence-electron chi connectivity index (χ1n) is 9.99. The van der Waals surface area contributed by atoms with Gasteiger partial charge in [-0.3, -0.25) is 9.59 Å². The Balaban J connectivity index is 1.47. The highest BCUT2D eigenvalue weighted by Gasteiger charge is 2.20. The molecule has 1 heterocycles. The van der Waals surface area contributed by atoms with Crippen molar-refractivity contribution in [3.8, 4) is 0 Å². The van der Waals surface area contributed by atoms with E-state index in [-0.39, 0.29) is 23.7 Å². The van der Waals surface area contributed by atoms with E-state index in [0.29, 0.717) is 30.1 Å². The third-order valence-corrected chi connectivity index (χ3v) is 4.60. The molecule has 0 aliphatic rings. The van der Waals surface area contributed by atoms with Crippen molar-refractivity contribution in [2.45, 2.75) is 45.4 Å². The standard InChI is InChI=1S/C24H27N3O3/c1-24(2,3)20-16-21(27-30-20)26-23(29)15-18-9-12-19(13-10-18)25-22(28)14-11-17-7-5-4-6-8-17/h4-10,12-13,16H,11,14-15H2,1-3H3,(H,25,28)(H,26,27,29). The molecule has 0 aliphatic carbocycles. The van der Waals surface area contributed by atoms with Gasteiger partial charge in [-0.1, -0.05) is 68.4 Å². The minimum absolute atomic E-state index is 0.0370. The Labute approximate surface area is 176 Å². The van der Waals surface area contributed by atoms with E-state index >= 15 is 0 Å². The molecule has 0 unspecified atom stereocenters. The lowest BCUT2D eigenvalue weighted by atomic mass is 9.93. The second-order valence-electron chi connectivity index (χ2n) is 8.28. The Morgan fingerprint density at radius 3 is 2.23 bits per heavy atom. The summed E-state index contributed by atoms with van der Waals surface area (Å²) in [6.45, 7) is 6.05. The molecule has 3 rings (SSSR count). The fraction of sp³-hybridized carbons (Fsp3) is 0.292. The van der Waals surface area contributed by atoms with Crippen LogP contribution in [0.15, 0.2) is 65.2 Å². The Bertz CT molecular complexity index is 987. The van der Waals surface area contributed by atoms with Crippen molar-refractivity contribution in [2.24, 2.45) is 0 Å². The average molecular weight is 405 g/mol. The van der Waals surface area contributed by atoms with Gasteiger partial charge >= 0.3 is 0 Å². The summed E-state index contributed by atoms with van der Waals surface area (Å²) >= 11 is 0. The number of aryl methyl sites for hydroxylation is 1. The van der Waals surface area contributed by atoms with Crippen LogP contribution in [-0.4, -0.2) is 17.0 Å². The zero-order chi connectivity index (χ0) is 21.6. The first-order valence-corrected chi connectivity index (χ1v) is 9.99. The van der Waals surface area contributed by atoms with Crippen LogP contribution in [0.5, 0.6) is 0 Å². The van der Waals surface area contributed by atoms with Gasteiger partial charge in [-0.05, 0) is 29.7 Å². The number of nitrogens with one attached hydrogen (secondary N) is 2. The van der Waals surface area contributed by atoms with Crippen LogP contribution in [0.3, 0.4) is 0 Å². The molecule has 156 valence electrons. The molecule has 0 radical (unpaired) electrons. The molecule has 6 nitrogen and oxygen atoms in total. The largest absolute Gasteiger partial charge is 0.359 e. The SMILES string of the molecule is CC(C)(C)c1cc(NC(=O)Cc2ccc(NC(=O)CCc3ccccc3)cc2)no1. The molecule has 0 saturated heterocycles. The molecule has 0 aliphatic heterocycles. The van der Waals surface area contributed by atoms with E-state index in [9.17, 15) is 9.59 Å². The van der Waals surface area contributed by atoms with E-state index < -0.39 is 0 Å². The van der Waals surface area contributed by atoms with Gasteiger partial charge in [-0.15, -0.1) is 0 Å². The molecule has 0 spiro atoms. The summed E-state index contributed by atoms with van der Waals surface area (Å²) in [6, 6.07) is 18.9. The fourth-order valence-electron chi connectivity index (χ4n) is 2.89. The van der Waals surface area contributed by atoms with Gasteiger partial charge in [0.05, 0.1) is 6.42 Å². The van der Waals surface area contributed by atoms with Crippen LogP contribution in [0, 0.1) is 0 Å². The third-order valence-electron chi connectivity index (χ3n) is 4.60. The van der Waals surface area contributed by atoms with Crippen molar-refractivity contribution in [1.82, 2.24) is 5.16 Å². The van der Waals surface area contributed by atoms with Crippen LogP contribution in [0.2, 0.25) is 0 Å². The molecule has 0 atom stereocenters. The Kier molecular flexibility index (Phi) is 6.67. The molecule has 0 saturated carbocycles. The topological polar surface area (TPSA) is 84.2 Å². The number of benzene rings is 2. The number of amides is 2. The van der Waals surface area contributed by atoms with Gasteiger partial charge in [0, 0.05) is 23.6 Å². The minimum Gasteiger partial charge on any atom is -0.359 e. The first kappa shape index (κ1) is 21.3. The normalized spacial score (nSPS) is 11.2. The molecular formula is C24H27N3O3. The summed E-state index contributed by atoms with van der Waals surface area (Å²) in [6.07, 6.45) is 1.33. The van der Waals surface area contributed by atoms with Crippen molar-refractivity contribution in [3.05, 3.63) is 77.6 Å². The summed E-state index contributed by atoms with van der Waals surface area (Å²) < 4.78 is 5.28. The van der Waals surface area contributed by atoms with E-state index in [1.807, 2.05) is 63.2 Å². The van der Waals surface area contributed by atoms with Gasteiger partial charge in [0.2, 0.25) is 11.8 Å². The molecule has 3 aromatic rings. The second kappa shape index (κ2) is 9.39. The number of rotatable bonds is 7. The molecule has 0 fully saturated rings. The maximum atomic E-state index is 12.3. The minimum atomic E-state index is -0.177. The number of carbonyl (C=O) groups excluding carboxylic acids is 2. The maximum Gasteiger partial charge on any atom is 0.230 e. The summed E-state index contributed by atoms with van der Waals surface area (Å²) in [7, 11) is 0. The molecular weight excluding hydrogens is 378 g/mol. The lowest BCUT2D eigenvalue weighted by Gasteiger charge is -2.12. The number of carbonyl (C=O) groups is 2. The number of hydrogen-bond acceptors (Lipinski definition) is 4. The summed E-state index contributed by atoms with van der Waals surface area (Å²) in [5.74, 6) is 0.908. The van der Waals surface area contributed by atoms with Crippen LogP contribution in [0.25, 0.3) is 0 Å². The maximum absolute atomic E-state index is 12.3. The number of aromatic nitrogens is 1. The molecule has 30 heavy (non-hydrogen) atoms. The number of hydrogen-bond donors (Lipinski definition) is 2. The van der Waals surface area contributed by atoms with Gasteiger partial charge in [-0.25, -0.2) is 0 Å². The fourth-order valence-corrected chi connectivity index (χ4v) is 2.89. The number of nitrogens with zero attached hydrogens (tertiary/aromatic N) is 1. The highest BCUT2D eigenvalue weighted by molar-refractivity contribution is 5.92. The van der Waals surface area contributed by atoms with Crippen LogP contribution in [-0.2, 0) is 27.8 Å².